The van der Waals surface area contributed by atoms with Gasteiger partial charge in [0.25, 0.3) is 0 Å². The molecule has 0 radical (unpaired) electrons. The summed E-state index contributed by atoms with van der Waals surface area (Å²) in [4.78, 5) is 12.1. The van der Waals surface area contributed by atoms with Gasteiger partial charge in [-0.15, -0.1) is 0 Å². The SMILES string of the molecule is CCC(C)OCCC(=O)Nc1ccccc1C(N)=S. The molecule has 1 amide bonds. The average Bonchev–Trinajstić information content (AvgIpc) is 2.38. The average molecular weight is 280 g/mol. The Balaban J connectivity index is 2.51. The summed E-state index contributed by atoms with van der Waals surface area (Å²) < 4.78 is 5.47. The van der Waals surface area contributed by atoms with E-state index in [1.165, 1.54) is 0 Å². The minimum absolute atomic E-state index is 0.105. The predicted octanol–water partition coefficient (Wildman–Crippen LogP) is 2.46. The van der Waals surface area contributed by atoms with Gasteiger partial charge in [0.1, 0.15) is 4.99 Å². The maximum Gasteiger partial charge on any atom is 0.226 e. The Morgan fingerprint density at radius 2 is 2.16 bits per heavy atom. The lowest BCUT2D eigenvalue weighted by molar-refractivity contribution is -0.117. The fourth-order valence-electron chi connectivity index (χ4n) is 1.49. The molecule has 5 heteroatoms. The molecule has 0 heterocycles. The number of nitrogens with two attached hydrogens (primary N) is 1. The summed E-state index contributed by atoms with van der Waals surface area (Å²) in [5, 5.41) is 2.80. The van der Waals surface area contributed by atoms with Gasteiger partial charge >= 0.3 is 0 Å². The van der Waals surface area contributed by atoms with E-state index >= 15 is 0 Å². The third-order valence-corrected chi connectivity index (χ3v) is 2.99. The molecule has 0 aromatic heterocycles. The molecule has 0 saturated carbocycles. The number of hydrogen-bond donors (Lipinski definition) is 2. The molecule has 3 N–H and O–H groups in total. The molecule has 0 saturated heterocycles. The smallest absolute Gasteiger partial charge is 0.226 e. The highest BCUT2D eigenvalue weighted by Crippen LogP contribution is 2.15. The van der Waals surface area contributed by atoms with Crippen LogP contribution < -0.4 is 11.1 Å². The molecule has 1 rings (SSSR count). The van der Waals surface area contributed by atoms with Gasteiger partial charge in [-0.2, -0.15) is 0 Å². The quantitative estimate of drug-likeness (QED) is 0.753. The zero-order valence-electron chi connectivity index (χ0n) is 11.3. The van der Waals surface area contributed by atoms with Crippen LogP contribution in [0.4, 0.5) is 5.69 Å². The number of anilines is 1. The number of para-hydroxylation sites is 1. The Bertz CT molecular complexity index is 449. The fourth-order valence-corrected chi connectivity index (χ4v) is 1.67. The molecule has 1 aromatic carbocycles. The molecule has 1 atom stereocenters. The molecule has 19 heavy (non-hydrogen) atoms. The molecule has 0 spiro atoms. The van der Waals surface area contributed by atoms with Crippen LogP contribution in [-0.2, 0) is 9.53 Å². The third kappa shape index (κ3) is 5.36. The summed E-state index contributed by atoms with van der Waals surface area (Å²) in [5.74, 6) is -0.105. The van der Waals surface area contributed by atoms with Crippen LogP contribution >= 0.6 is 12.2 Å². The molecule has 0 aliphatic heterocycles. The normalized spacial score (nSPS) is 11.9. The molecule has 0 aliphatic carbocycles. The highest BCUT2D eigenvalue weighted by molar-refractivity contribution is 7.80. The van der Waals surface area contributed by atoms with Crippen molar-refractivity contribution in [2.45, 2.75) is 32.8 Å². The summed E-state index contributed by atoms with van der Waals surface area (Å²) in [6, 6.07) is 7.22. The number of amides is 1. The number of carbonyl (C=O) groups excluding carboxylic acids is 1. The highest BCUT2D eigenvalue weighted by Gasteiger charge is 2.08. The van der Waals surface area contributed by atoms with E-state index in [-0.39, 0.29) is 17.0 Å². The number of thiocarbonyl (C=S) groups is 1. The van der Waals surface area contributed by atoms with Gasteiger partial charge in [-0.05, 0) is 25.5 Å². The first kappa shape index (κ1) is 15.6. The van der Waals surface area contributed by atoms with E-state index in [0.29, 0.717) is 24.3 Å². The van der Waals surface area contributed by atoms with E-state index in [1.807, 2.05) is 26.0 Å². The van der Waals surface area contributed by atoms with Crippen LogP contribution in [0.5, 0.6) is 0 Å². The molecular weight excluding hydrogens is 260 g/mol. The first-order valence-corrected chi connectivity index (χ1v) is 6.75. The van der Waals surface area contributed by atoms with Gasteiger partial charge in [-0.3, -0.25) is 4.79 Å². The van der Waals surface area contributed by atoms with E-state index in [1.54, 1.807) is 12.1 Å². The van der Waals surface area contributed by atoms with E-state index in [9.17, 15) is 4.79 Å². The lowest BCUT2D eigenvalue weighted by Gasteiger charge is -2.12. The van der Waals surface area contributed by atoms with Crippen LogP contribution in [0.25, 0.3) is 0 Å². The van der Waals surface area contributed by atoms with Crippen LogP contribution in [-0.4, -0.2) is 23.6 Å². The molecule has 0 aliphatic rings. The summed E-state index contributed by atoms with van der Waals surface area (Å²) in [5.41, 5.74) is 6.92. The Labute approximate surface area is 119 Å². The number of benzene rings is 1. The van der Waals surface area contributed by atoms with Gasteiger partial charge in [-0.25, -0.2) is 0 Å². The van der Waals surface area contributed by atoms with Crippen molar-refractivity contribution in [1.29, 1.82) is 0 Å². The molecule has 1 unspecified atom stereocenters. The van der Waals surface area contributed by atoms with Crippen molar-refractivity contribution < 1.29 is 9.53 Å². The van der Waals surface area contributed by atoms with Gasteiger partial charge in [0.2, 0.25) is 5.91 Å². The van der Waals surface area contributed by atoms with Crippen LogP contribution in [0.2, 0.25) is 0 Å². The lowest BCUT2D eigenvalue weighted by Crippen LogP contribution is -2.19. The second kappa shape index (κ2) is 7.86. The maximum atomic E-state index is 11.8. The third-order valence-electron chi connectivity index (χ3n) is 2.77. The van der Waals surface area contributed by atoms with Crippen molar-refractivity contribution in [3.63, 3.8) is 0 Å². The standard InChI is InChI=1S/C14H20N2O2S/c1-3-10(2)18-9-8-13(17)16-12-7-5-4-6-11(12)14(15)19/h4-7,10H,3,8-9H2,1-2H3,(H2,15,19)(H,16,17). The Kier molecular flexibility index (Phi) is 6.45. The van der Waals surface area contributed by atoms with Crippen molar-refractivity contribution in [1.82, 2.24) is 0 Å². The monoisotopic (exact) mass is 280 g/mol. The van der Waals surface area contributed by atoms with Crippen LogP contribution in [0.15, 0.2) is 24.3 Å². The first-order chi connectivity index (χ1) is 9.04. The molecular formula is C14H20N2O2S. The fraction of sp³-hybridized carbons (Fsp3) is 0.429. The topological polar surface area (TPSA) is 64.3 Å². The van der Waals surface area contributed by atoms with E-state index in [0.717, 1.165) is 6.42 Å². The number of carbonyl (C=O) groups is 1. The van der Waals surface area contributed by atoms with E-state index < -0.39 is 0 Å². The number of hydrogen-bond acceptors (Lipinski definition) is 3. The second-order valence-electron chi connectivity index (χ2n) is 4.30. The zero-order chi connectivity index (χ0) is 14.3. The second-order valence-corrected chi connectivity index (χ2v) is 4.74. The minimum Gasteiger partial charge on any atom is -0.389 e. The number of ether oxygens (including phenoxy) is 1. The zero-order valence-corrected chi connectivity index (χ0v) is 12.1. The minimum atomic E-state index is -0.105. The van der Waals surface area contributed by atoms with Gasteiger partial charge in [0.15, 0.2) is 0 Å². The lowest BCUT2D eigenvalue weighted by atomic mass is 10.1. The Morgan fingerprint density at radius 1 is 1.47 bits per heavy atom. The molecule has 4 nitrogen and oxygen atoms in total. The van der Waals surface area contributed by atoms with E-state index in [2.05, 4.69) is 5.32 Å². The van der Waals surface area contributed by atoms with Crippen LogP contribution in [0.3, 0.4) is 0 Å². The van der Waals surface area contributed by atoms with E-state index in [4.69, 9.17) is 22.7 Å². The molecule has 0 fully saturated rings. The van der Waals surface area contributed by atoms with Crippen molar-refractivity contribution in [3.05, 3.63) is 29.8 Å². The van der Waals surface area contributed by atoms with Crippen LogP contribution in [0.1, 0.15) is 32.3 Å². The first-order valence-electron chi connectivity index (χ1n) is 6.34. The van der Waals surface area contributed by atoms with Crippen molar-refractivity contribution >= 4 is 28.8 Å². The number of rotatable bonds is 7. The Hall–Kier alpha value is -1.46. The van der Waals surface area contributed by atoms with Gasteiger partial charge in [0, 0.05) is 5.56 Å². The van der Waals surface area contributed by atoms with Gasteiger partial charge in [-0.1, -0.05) is 31.3 Å². The Morgan fingerprint density at radius 3 is 2.79 bits per heavy atom. The van der Waals surface area contributed by atoms with Gasteiger partial charge in [0.05, 0.1) is 24.8 Å². The van der Waals surface area contributed by atoms with Crippen molar-refractivity contribution in [2.24, 2.45) is 5.73 Å². The summed E-state index contributed by atoms with van der Waals surface area (Å²) in [6.45, 7) is 4.44. The van der Waals surface area contributed by atoms with Crippen molar-refractivity contribution in [3.8, 4) is 0 Å². The summed E-state index contributed by atoms with van der Waals surface area (Å²) >= 11 is 4.94. The highest BCUT2D eigenvalue weighted by atomic mass is 32.1. The summed E-state index contributed by atoms with van der Waals surface area (Å²) in [7, 11) is 0. The van der Waals surface area contributed by atoms with Crippen LogP contribution in [0, 0.1) is 0 Å². The van der Waals surface area contributed by atoms with Gasteiger partial charge < -0.3 is 15.8 Å². The maximum absolute atomic E-state index is 11.8. The summed E-state index contributed by atoms with van der Waals surface area (Å²) in [6.07, 6.45) is 1.43. The molecule has 1 aromatic rings. The molecule has 0 bridgehead atoms. The predicted molar refractivity (Wildman–Crippen MR) is 81.3 cm³/mol. The largest absolute Gasteiger partial charge is 0.389 e. The molecule has 104 valence electrons. The van der Waals surface area contributed by atoms with Crippen molar-refractivity contribution in [2.75, 3.05) is 11.9 Å². The number of nitrogens with one attached hydrogen (secondary N) is 1.